The van der Waals surface area contributed by atoms with E-state index in [1.807, 2.05) is 12.1 Å². The Morgan fingerprint density at radius 1 is 1.33 bits per heavy atom. The predicted octanol–water partition coefficient (Wildman–Crippen LogP) is 2.84. The Labute approximate surface area is 117 Å². The normalized spacial score (nSPS) is 15.8. The van der Waals surface area contributed by atoms with Crippen LogP contribution in [0.1, 0.15) is 29.6 Å². The average Bonchev–Trinajstić information content (AvgIpc) is 2.40. The third kappa shape index (κ3) is 3.12. The number of ketones is 1. The fourth-order valence-corrected chi connectivity index (χ4v) is 2.96. The summed E-state index contributed by atoms with van der Waals surface area (Å²) in [5.74, 6) is 0.128. The molecule has 1 fully saturated rings. The van der Waals surface area contributed by atoms with Crippen LogP contribution in [0.3, 0.4) is 0 Å². The van der Waals surface area contributed by atoms with Crippen LogP contribution in [0, 0.1) is 0 Å². The van der Waals surface area contributed by atoms with E-state index in [2.05, 4.69) is 32.2 Å². The first-order valence-electron chi connectivity index (χ1n) is 6.44. The van der Waals surface area contributed by atoms with Gasteiger partial charge in [-0.05, 0) is 60.4 Å². The summed E-state index contributed by atoms with van der Waals surface area (Å²) in [7, 11) is 1.79. The predicted molar refractivity (Wildman–Crippen MR) is 78.5 cm³/mol. The second-order valence-corrected chi connectivity index (χ2v) is 5.52. The van der Waals surface area contributed by atoms with E-state index in [9.17, 15) is 4.79 Å². The molecule has 0 saturated carbocycles. The zero-order valence-corrected chi connectivity index (χ0v) is 12.3. The molecule has 1 aliphatic heterocycles. The molecule has 0 radical (unpaired) electrons. The maximum Gasteiger partial charge on any atom is 0.176 e. The highest BCUT2D eigenvalue weighted by atomic mass is 79.9. The first-order valence-corrected chi connectivity index (χ1v) is 7.24. The third-order valence-corrected chi connectivity index (χ3v) is 3.94. The minimum Gasteiger partial charge on any atom is -0.371 e. The molecule has 1 N–H and O–H groups in total. The van der Waals surface area contributed by atoms with Crippen molar-refractivity contribution in [2.75, 3.05) is 31.6 Å². The average molecular weight is 311 g/mol. The largest absolute Gasteiger partial charge is 0.371 e. The number of carbonyl (C=O) groups is 1. The lowest BCUT2D eigenvalue weighted by Gasteiger charge is -2.29. The maximum absolute atomic E-state index is 11.8. The van der Waals surface area contributed by atoms with Gasteiger partial charge >= 0.3 is 0 Å². The Morgan fingerprint density at radius 2 is 2.06 bits per heavy atom. The molecule has 98 valence electrons. The van der Waals surface area contributed by atoms with Gasteiger partial charge in [0, 0.05) is 23.1 Å². The number of nitrogens with zero attached hydrogens (tertiary/aromatic N) is 1. The fraction of sp³-hybridized carbons (Fsp3) is 0.500. The Balaban J connectivity index is 2.16. The van der Waals surface area contributed by atoms with Crippen molar-refractivity contribution in [2.45, 2.75) is 19.3 Å². The van der Waals surface area contributed by atoms with Gasteiger partial charge in [0.2, 0.25) is 0 Å². The van der Waals surface area contributed by atoms with Gasteiger partial charge in [0.05, 0.1) is 12.2 Å². The van der Waals surface area contributed by atoms with Gasteiger partial charge in [-0.25, -0.2) is 0 Å². The zero-order chi connectivity index (χ0) is 13.0. The minimum absolute atomic E-state index is 0.128. The smallest absolute Gasteiger partial charge is 0.176 e. The summed E-state index contributed by atoms with van der Waals surface area (Å²) in [4.78, 5) is 14.2. The number of carbonyl (C=O) groups excluding carboxylic acids is 1. The van der Waals surface area contributed by atoms with Crippen molar-refractivity contribution in [3.63, 3.8) is 0 Å². The Hall–Kier alpha value is -0.870. The molecule has 1 aliphatic rings. The minimum atomic E-state index is 0.128. The number of hydrogen-bond acceptors (Lipinski definition) is 3. The van der Waals surface area contributed by atoms with E-state index in [-0.39, 0.29) is 5.78 Å². The van der Waals surface area contributed by atoms with Gasteiger partial charge in [0.1, 0.15) is 0 Å². The lowest BCUT2D eigenvalue weighted by molar-refractivity contribution is 0.0993. The summed E-state index contributed by atoms with van der Waals surface area (Å²) >= 11 is 3.59. The molecule has 4 heteroatoms. The monoisotopic (exact) mass is 310 g/mol. The topological polar surface area (TPSA) is 32.3 Å². The van der Waals surface area contributed by atoms with Gasteiger partial charge in [0.15, 0.2) is 5.78 Å². The highest BCUT2D eigenvalue weighted by Crippen LogP contribution is 2.29. The molecule has 2 rings (SSSR count). The van der Waals surface area contributed by atoms with Crippen LogP contribution >= 0.6 is 15.9 Å². The van der Waals surface area contributed by atoms with E-state index in [1.54, 1.807) is 7.05 Å². The number of anilines is 1. The van der Waals surface area contributed by atoms with Crippen molar-refractivity contribution in [1.82, 2.24) is 5.32 Å². The second kappa shape index (κ2) is 6.34. The number of benzene rings is 1. The van der Waals surface area contributed by atoms with Crippen molar-refractivity contribution in [3.05, 3.63) is 28.2 Å². The Kier molecular flexibility index (Phi) is 4.78. The van der Waals surface area contributed by atoms with Crippen molar-refractivity contribution >= 4 is 27.4 Å². The SMILES string of the molecule is CNCC(=O)c1ccc(N2CCCCC2)c(Br)c1. The van der Waals surface area contributed by atoms with E-state index < -0.39 is 0 Å². The Bertz CT molecular complexity index is 428. The molecule has 1 aromatic rings. The third-order valence-electron chi connectivity index (χ3n) is 3.30. The van der Waals surface area contributed by atoms with Crippen molar-refractivity contribution in [1.29, 1.82) is 0 Å². The summed E-state index contributed by atoms with van der Waals surface area (Å²) in [6, 6.07) is 5.91. The lowest BCUT2D eigenvalue weighted by Crippen LogP contribution is -2.29. The van der Waals surface area contributed by atoms with Crippen molar-refractivity contribution < 1.29 is 4.79 Å². The molecule has 3 nitrogen and oxygen atoms in total. The molecule has 1 saturated heterocycles. The van der Waals surface area contributed by atoms with Crippen LogP contribution in [0.15, 0.2) is 22.7 Å². The van der Waals surface area contributed by atoms with Crippen LogP contribution in [-0.2, 0) is 0 Å². The van der Waals surface area contributed by atoms with Crippen LogP contribution in [-0.4, -0.2) is 32.5 Å². The van der Waals surface area contributed by atoms with Crippen molar-refractivity contribution in [2.24, 2.45) is 0 Å². The molecule has 18 heavy (non-hydrogen) atoms. The number of likely N-dealkylation sites (N-methyl/N-ethyl adjacent to an activating group) is 1. The summed E-state index contributed by atoms with van der Waals surface area (Å²) in [5, 5.41) is 2.89. The summed E-state index contributed by atoms with van der Waals surface area (Å²) in [6.45, 7) is 2.61. The number of piperidine rings is 1. The zero-order valence-electron chi connectivity index (χ0n) is 10.7. The molecular weight excluding hydrogens is 292 g/mol. The van der Waals surface area contributed by atoms with E-state index in [1.165, 1.54) is 24.9 Å². The molecule has 1 heterocycles. The van der Waals surface area contributed by atoms with Crippen LogP contribution < -0.4 is 10.2 Å². The molecule has 0 atom stereocenters. The van der Waals surface area contributed by atoms with Gasteiger partial charge in [-0.3, -0.25) is 4.79 Å². The summed E-state index contributed by atoms with van der Waals surface area (Å²) in [6.07, 6.45) is 3.84. The summed E-state index contributed by atoms with van der Waals surface area (Å²) < 4.78 is 1.02. The quantitative estimate of drug-likeness (QED) is 0.868. The van der Waals surface area contributed by atoms with Crippen LogP contribution in [0.25, 0.3) is 0 Å². The molecule has 0 amide bonds. The molecule has 1 aromatic carbocycles. The van der Waals surface area contributed by atoms with Crippen LogP contribution in [0.4, 0.5) is 5.69 Å². The van der Waals surface area contributed by atoms with Gasteiger partial charge < -0.3 is 10.2 Å². The van der Waals surface area contributed by atoms with E-state index >= 15 is 0 Å². The number of Topliss-reactive ketones (excluding diaryl/α,β-unsaturated/α-hetero) is 1. The number of nitrogens with one attached hydrogen (secondary N) is 1. The highest BCUT2D eigenvalue weighted by molar-refractivity contribution is 9.10. The second-order valence-electron chi connectivity index (χ2n) is 4.67. The molecule has 0 bridgehead atoms. The molecular formula is C14H19BrN2O. The first-order chi connectivity index (χ1) is 8.72. The van der Waals surface area contributed by atoms with E-state index in [0.717, 1.165) is 23.1 Å². The van der Waals surface area contributed by atoms with Gasteiger partial charge in [0.25, 0.3) is 0 Å². The van der Waals surface area contributed by atoms with Crippen LogP contribution in [0.5, 0.6) is 0 Å². The van der Waals surface area contributed by atoms with Gasteiger partial charge in [-0.2, -0.15) is 0 Å². The van der Waals surface area contributed by atoms with Crippen LogP contribution in [0.2, 0.25) is 0 Å². The molecule has 0 aromatic heterocycles. The Morgan fingerprint density at radius 3 is 2.67 bits per heavy atom. The molecule has 0 unspecified atom stereocenters. The van der Waals surface area contributed by atoms with Gasteiger partial charge in [-0.1, -0.05) is 0 Å². The first kappa shape index (κ1) is 13.6. The van der Waals surface area contributed by atoms with E-state index in [0.29, 0.717) is 6.54 Å². The number of rotatable bonds is 4. The number of halogens is 1. The van der Waals surface area contributed by atoms with Crippen molar-refractivity contribution in [3.8, 4) is 0 Å². The fourth-order valence-electron chi connectivity index (χ4n) is 2.33. The summed E-state index contributed by atoms with van der Waals surface area (Å²) in [5.41, 5.74) is 1.97. The van der Waals surface area contributed by atoms with E-state index in [4.69, 9.17) is 0 Å². The van der Waals surface area contributed by atoms with Gasteiger partial charge in [-0.15, -0.1) is 0 Å². The molecule has 0 spiro atoms. The maximum atomic E-state index is 11.8. The number of hydrogen-bond donors (Lipinski definition) is 1. The lowest BCUT2D eigenvalue weighted by atomic mass is 10.1. The standard InChI is InChI=1S/C14H19BrN2O/c1-16-10-14(18)11-5-6-13(12(15)9-11)17-7-3-2-4-8-17/h5-6,9,16H,2-4,7-8,10H2,1H3. The molecule has 0 aliphatic carbocycles. The highest BCUT2D eigenvalue weighted by Gasteiger charge is 2.15.